The van der Waals surface area contributed by atoms with E-state index in [0.29, 0.717) is 13.2 Å². The lowest BCUT2D eigenvalue weighted by molar-refractivity contribution is 0.159. The Morgan fingerprint density at radius 2 is 1.89 bits per heavy atom. The highest BCUT2D eigenvalue weighted by Gasteiger charge is 2.00. The van der Waals surface area contributed by atoms with Crippen molar-refractivity contribution >= 4 is 5.71 Å². The van der Waals surface area contributed by atoms with Gasteiger partial charge in [-0.1, -0.05) is 18.7 Å². The predicted octanol–water partition coefficient (Wildman–Crippen LogP) is 3.79. The Labute approximate surface area is 109 Å². The van der Waals surface area contributed by atoms with E-state index in [2.05, 4.69) is 18.7 Å². The quantitative estimate of drug-likeness (QED) is 0.417. The maximum atomic E-state index is 5.60. The van der Waals surface area contributed by atoms with Crippen molar-refractivity contribution in [1.82, 2.24) is 0 Å². The second kappa shape index (κ2) is 7.54. The van der Waals surface area contributed by atoms with Gasteiger partial charge in [-0.05, 0) is 55.7 Å². The fourth-order valence-electron chi connectivity index (χ4n) is 1.29. The van der Waals surface area contributed by atoms with E-state index in [0.717, 1.165) is 29.0 Å². The van der Waals surface area contributed by atoms with Crippen LogP contribution < -0.4 is 4.74 Å². The van der Waals surface area contributed by atoms with E-state index in [9.17, 15) is 0 Å². The van der Waals surface area contributed by atoms with Gasteiger partial charge < -0.3 is 9.57 Å². The number of benzene rings is 1. The van der Waals surface area contributed by atoms with E-state index in [1.165, 1.54) is 0 Å². The summed E-state index contributed by atoms with van der Waals surface area (Å²) in [4.78, 5) is 5.02. The van der Waals surface area contributed by atoms with Crippen molar-refractivity contribution in [2.24, 2.45) is 5.16 Å². The van der Waals surface area contributed by atoms with E-state index in [1.807, 2.05) is 38.1 Å². The molecule has 0 atom stereocenters. The maximum Gasteiger partial charge on any atom is 0.119 e. The fourth-order valence-corrected chi connectivity index (χ4v) is 1.29. The molecular formula is C15H21NO2. The van der Waals surface area contributed by atoms with Crippen LogP contribution in [-0.2, 0) is 4.84 Å². The molecule has 0 radical (unpaired) electrons. The van der Waals surface area contributed by atoms with Crippen molar-refractivity contribution in [3.8, 4) is 5.75 Å². The van der Waals surface area contributed by atoms with Gasteiger partial charge in [0.1, 0.15) is 19.0 Å². The first-order chi connectivity index (χ1) is 8.67. The highest BCUT2D eigenvalue weighted by atomic mass is 16.6. The summed E-state index contributed by atoms with van der Waals surface area (Å²) < 4.78 is 5.60. The molecule has 0 amide bonds. The molecule has 1 aromatic rings. The minimum atomic E-state index is 0.571. The monoisotopic (exact) mass is 247 g/mol. The number of hydrogen-bond donors (Lipinski definition) is 0. The lowest BCUT2D eigenvalue weighted by Crippen LogP contribution is -2.00. The van der Waals surface area contributed by atoms with Crippen LogP contribution in [0.2, 0.25) is 0 Å². The van der Waals surface area contributed by atoms with Crippen molar-refractivity contribution in [1.29, 1.82) is 0 Å². The SMILES string of the molecule is C=C(CC)COc1ccc(/C(C)=N/OCC)cc1. The molecule has 0 bridgehead atoms. The normalized spacial score (nSPS) is 11.2. The molecule has 0 fully saturated rings. The van der Waals surface area contributed by atoms with Crippen LogP contribution in [0.25, 0.3) is 0 Å². The molecule has 1 aromatic carbocycles. The molecule has 3 heteroatoms. The topological polar surface area (TPSA) is 30.8 Å². The fraction of sp³-hybridized carbons (Fsp3) is 0.400. The first-order valence-corrected chi connectivity index (χ1v) is 6.23. The molecule has 98 valence electrons. The first-order valence-electron chi connectivity index (χ1n) is 6.23. The number of nitrogens with zero attached hydrogens (tertiary/aromatic N) is 1. The Kier molecular flexibility index (Phi) is 5.98. The largest absolute Gasteiger partial charge is 0.489 e. The molecule has 0 heterocycles. The molecular weight excluding hydrogens is 226 g/mol. The molecule has 0 saturated heterocycles. The molecule has 0 unspecified atom stereocenters. The Morgan fingerprint density at radius 1 is 1.22 bits per heavy atom. The Hall–Kier alpha value is -1.77. The molecule has 1 rings (SSSR count). The Bertz CT molecular complexity index is 407. The van der Waals surface area contributed by atoms with Gasteiger partial charge in [0.05, 0.1) is 5.71 Å². The first kappa shape index (κ1) is 14.3. The lowest BCUT2D eigenvalue weighted by atomic mass is 10.1. The maximum absolute atomic E-state index is 5.60. The van der Waals surface area contributed by atoms with Gasteiger partial charge in [-0.15, -0.1) is 0 Å². The molecule has 0 aliphatic rings. The van der Waals surface area contributed by atoms with Crippen LogP contribution in [0.3, 0.4) is 0 Å². The predicted molar refractivity (Wildman–Crippen MR) is 75.2 cm³/mol. The van der Waals surface area contributed by atoms with Crippen LogP contribution in [0.4, 0.5) is 0 Å². The summed E-state index contributed by atoms with van der Waals surface area (Å²) in [6, 6.07) is 7.82. The average molecular weight is 247 g/mol. The van der Waals surface area contributed by atoms with Gasteiger partial charge in [-0.25, -0.2) is 0 Å². The van der Waals surface area contributed by atoms with Crippen LogP contribution in [0.1, 0.15) is 32.8 Å². The molecule has 0 aromatic heterocycles. The van der Waals surface area contributed by atoms with Gasteiger partial charge in [0.2, 0.25) is 0 Å². The van der Waals surface area contributed by atoms with Gasteiger partial charge in [0, 0.05) is 0 Å². The Balaban J connectivity index is 2.59. The zero-order chi connectivity index (χ0) is 13.4. The molecule has 0 aliphatic heterocycles. The Morgan fingerprint density at radius 3 is 2.44 bits per heavy atom. The molecule has 3 nitrogen and oxygen atoms in total. The van der Waals surface area contributed by atoms with Crippen molar-refractivity contribution in [2.75, 3.05) is 13.2 Å². The molecule has 0 aliphatic carbocycles. The smallest absolute Gasteiger partial charge is 0.119 e. The van der Waals surface area contributed by atoms with Gasteiger partial charge in [0.25, 0.3) is 0 Å². The van der Waals surface area contributed by atoms with E-state index < -0.39 is 0 Å². The van der Waals surface area contributed by atoms with E-state index in [-0.39, 0.29) is 0 Å². The van der Waals surface area contributed by atoms with E-state index in [1.54, 1.807) is 0 Å². The number of oxime groups is 1. The third kappa shape index (κ3) is 4.62. The molecule has 0 N–H and O–H groups in total. The third-order valence-electron chi connectivity index (χ3n) is 2.55. The zero-order valence-corrected chi connectivity index (χ0v) is 11.4. The van der Waals surface area contributed by atoms with Crippen molar-refractivity contribution in [3.63, 3.8) is 0 Å². The van der Waals surface area contributed by atoms with Crippen molar-refractivity contribution < 1.29 is 9.57 Å². The number of rotatable bonds is 7. The lowest BCUT2D eigenvalue weighted by Gasteiger charge is -2.08. The van der Waals surface area contributed by atoms with Gasteiger partial charge in [-0.2, -0.15) is 0 Å². The summed E-state index contributed by atoms with van der Waals surface area (Å²) in [5.74, 6) is 0.845. The summed E-state index contributed by atoms with van der Waals surface area (Å²) in [7, 11) is 0. The summed E-state index contributed by atoms with van der Waals surface area (Å²) in [5, 5.41) is 3.99. The van der Waals surface area contributed by atoms with Gasteiger partial charge in [0.15, 0.2) is 0 Å². The number of ether oxygens (including phenoxy) is 1. The average Bonchev–Trinajstić information content (AvgIpc) is 2.42. The van der Waals surface area contributed by atoms with E-state index >= 15 is 0 Å². The van der Waals surface area contributed by atoms with Crippen LogP contribution in [0.5, 0.6) is 5.75 Å². The van der Waals surface area contributed by atoms with Gasteiger partial charge >= 0.3 is 0 Å². The molecule has 0 spiro atoms. The highest BCUT2D eigenvalue weighted by Crippen LogP contribution is 2.14. The summed E-state index contributed by atoms with van der Waals surface area (Å²) in [6.07, 6.45) is 0.943. The van der Waals surface area contributed by atoms with E-state index in [4.69, 9.17) is 9.57 Å². The highest BCUT2D eigenvalue weighted by molar-refractivity contribution is 5.98. The van der Waals surface area contributed by atoms with Crippen molar-refractivity contribution in [2.45, 2.75) is 27.2 Å². The van der Waals surface area contributed by atoms with Crippen LogP contribution >= 0.6 is 0 Å². The third-order valence-corrected chi connectivity index (χ3v) is 2.55. The summed E-state index contributed by atoms with van der Waals surface area (Å²) >= 11 is 0. The molecule has 18 heavy (non-hydrogen) atoms. The standard InChI is InChI=1S/C15H21NO2/c1-5-12(3)11-17-15-9-7-14(8-10-15)13(4)16-18-6-2/h7-10H,3,5-6,11H2,1-2,4H3/b16-13+. The number of hydrogen-bond acceptors (Lipinski definition) is 3. The molecule has 0 saturated carbocycles. The van der Waals surface area contributed by atoms with Crippen LogP contribution in [0.15, 0.2) is 41.6 Å². The minimum absolute atomic E-state index is 0.571. The van der Waals surface area contributed by atoms with Crippen LogP contribution in [-0.4, -0.2) is 18.9 Å². The summed E-state index contributed by atoms with van der Waals surface area (Å²) in [6.45, 7) is 11.0. The van der Waals surface area contributed by atoms with Gasteiger partial charge in [-0.3, -0.25) is 0 Å². The van der Waals surface area contributed by atoms with Crippen LogP contribution in [0, 0.1) is 0 Å². The minimum Gasteiger partial charge on any atom is -0.489 e. The summed E-state index contributed by atoms with van der Waals surface area (Å²) in [5.41, 5.74) is 2.99. The zero-order valence-electron chi connectivity index (χ0n) is 11.4. The second-order valence-corrected chi connectivity index (χ2v) is 4.01. The second-order valence-electron chi connectivity index (χ2n) is 4.01. The van der Waals surface area contributed by atoms with Crippen molar-refractivity contribution in [3.05, 3.63) is 42.0 Å².